The summed E-state index contributed by atoms with van der Waals surface area (Å²) >= 11 is 1.46. The van der Waals surface area contributed by atoms with Crippen LogP contribution in [0.5, 0.6) is 5.75 Å². The second-order valence-corrected chi connectivity index (χ2v) is 8.11. The van der Waals surface area contributed by atoms with Gasteiger partial charge in [0.2, 0.25) is 0 Å². The number of thioether (sulfide) groups is 1. The fourth-order valence-corrected chi connectivity index (χ4v) is 4.04. The zero-order chi connectivity index (χ0) is 22.5. The normalized spacial score (nSPS) is 10.9. The van der Waals surface area contributed by atoms with Crippen LogP contribution in [0.1, 0.15) is 12.0 Å². The van der Waals surface area contributed by atoms with Gasteiger partial charge in [0.1, 0.15) is 11.6 Å². The van der Waals surface area contributed by atoms with Gasteiger partial charge in [0, 0.05) is 24.1 Å². The lowest BCUT2D eigenvalue weighted by molar-refractivity contribution is -0.384. The van der Waals surface area contributed by atoms with E-state index in [0.717, 1.165) is 5.56 Å². The van der Waals surface area contributed by atoms with Crippen LogP contribution in [0.25, 0.3) is 16.7 Å². The molecule has 0 radical (unpaired) electrons. The van der Waals surface area contributed by atoms with E-state index in [1.165, 1.54) is 23.9 Å². The van der Waals surface area contributed by atoms with Gasteiger partial charge < -0.3 is 4.74 Å². The first-order valence-corrected chi connectivity index (χ1v) is 11.0. The van der Waals surface area contributed by atoms with E-state index >= 15 is 0 Å². The first-order chi connectivity index (χ1) is 15.5. The molecule has 4 aromatic rings. The minimum atomic E-state index is -0.445. The van der Waals surface area contributed by atoms with Crippen molar-refractivity contribution in [1.29, 1.82) is 0 Å². The summed E-state index contributed by atoms with van der Waals surface area (Å²) < 4.78 is 7.22. The van der Waals surface area contributed by atoms with Crippen molar-refractivity contribution >= 4 is 28.4 Å². The molecule has 0 aliphatic heterocycles. The van der Waals surface area contributed by atoms with Crippen LogP contribution in [0.15, 0.2) is 76.8 Å². The maximum absolute atomic E-state index is 13.2. The van der Waals surface area contributed by atoms with Crippen LogP contribution in [-0.2, 0) is 0 Å². The summed E-state index contributed by atoms with van der Waals surface area (Å²) in [6, 6.07) is 17.0. The number of hydrogen-bond acceptors (Lipinski definition) is 7. The Labute approximate surface area is 188 Å². The first kappa shape index (κ1) is 21.5. The summed E-state index contributed by atoms with van der Waals surface area (Å²) in [5.74, 6) is 1.78. The van der Waals surface area contributed by atoms with Crippen molar-refractivity contribution < 1.29 is 9.66 Å². The van der Waals surface area contributed by atoms with Crippen LogP contribution in [0.4, 0.5) is 5.69 Å². The maximum Gasteiger partial charge on any atom is 0.269 e. The van der Waals surface area contributed by atoms with Gasteiger partial charge in [-0.2, -0.15) is 0 Å². The molecule has 2 aromatic carbocycles. The van der Waals surface area contributed by atoms with Gasteiger partial charge in [-0.3, -0.25) is 14.9 Å². The van der Waals surface area contributed by atoms with Gasteiger partial charge in [0.15, 0.2) is 5.16 Å². The highest BCUT2D eigenvalue weighted by Gasteiger charge is 2.14. The largest absolute Gasteiger partial charge is 0.494 e. The van der Waals surface area contributed by atoms with Crippen molar-refractivity contribution in [2.75, 3.05) is 12.4 Å². The number of nitro groups is 1. The molecule has 0 aliphatic rings. The molecule has 0 saturated carbocycles. The SMILES string of the molecule is Cc1ccnc(-n2c(SCCCOc3ccc([N+](=O)[O-])cc3)nc3ccccc3c2=O)c1. The van der Waals surface area contributed by atoms with Crippen molar-refractivity contribution in [3.05, 3.63) is 92.9 Å². The highest BCUT2D eigenvalue weighted by molar-refractivity contribution is 7.99. The number of ether oxygens (including phenoxy) is 1. The van der Waals surface area contributed by atoms with Crippen molar-refractivity contribution in [1.82, 2.24) is 14.5 Å². The minimum absolute atomic E-state index is 0.0259. The Kier molecular flexibility index (Phi) is 6.46. The lowest BCUT2D eigenvalue weighted by atomic mass is 10.2. The third-order valence-electron chi connectivity index (χ3n) is 4.71. The summed E-state index contributed by atoms with van der Waals surface area (Å²) in [4.78, 5) is 32.6. The number of non-ortho nitro benzene ring substituents is 1. The summed E-state index contributed by atoms with van der Waals surface area (Å²) in [6.45, 7) is 2.39. The number of aryl methyl sites for hydroxylation is 1. The van der Waals surface area contributed by atoms with Gasteiger partial charge >= 0.3 is 0 Å². The smallest absolute Gasteiger partial charge is 0.269 e. The van der Waals surface area contributed by atoms with Gasteiger partial charge in [-0.25, -0.2) is 14.5 Å². The predicted octanol–water partition coefficient (Wildman–Crippen LogP) is 4.56. The molecule has 0 aliphatic carbocycles. The lowest BCUT2D eigenvalue weighted by Gasteiger charge is -2.13. The molecular formula is C23H20N4O4S. The molecule has 0 bridgehead atoms. The van der Waals surface area contributed by atoms with Crippen LogP contribution in [0.2, 0.25) is 0 Å². The number of nitrogens with zero attached hydrogens (tertiary/aromatic N) is 4. The highest BCUT2D eigenvalue weighted by atomic mass is 32.2. The van der Waals surface area contributed by atoms with E-state index in [2.05, 4.69) is 4.98 Å². The van der Waals surface area contributed by atoms with Gasteiger partial charge in [-0.15, -0.1) is 0 Å². The molecule has 9 heteroatoms. The molecular weight excluding hydrogens is 428 g/mol. The Morgan fingerprint density at radius 2 is 1.91 bits per heavy atom. The van der Waals surface area contributed by atoms with Crippen LogP contribution in [-0.4, -0.2) is 31.8 Å². The topological polar surface area (TPSA) is 100 Å². The zero-order valence-corrected chi connectivity index (χ0v) is 18.1. The van der Waals surface area contributed by atoms with E-state index in [9.17, 15) is 14.9 Å². The monoisotopic (exact) mass is 448 g/mol. The van der Waals surface area contributed by atoms with Gasteiger partial charge in [0.05, 0.1) is 22.4 Å². The molecule has 0 saturated heterocycles. The molecule has 0 N–H and O–H groups in total. The predicted molar refractivity (Wildman–Crippen MR) is 124 cm³/mol. The van der Waals surface area contributed by atoms with Crippen molar-refractivity contribution in [2.24, 2.45) is 0 Å². The molecule has 0 unspecified atom stereocenters. The quantitative estimate of drug-likeness (QED) is 0.128. The molecule has 2 aromatic heterocycles. The highest BCUT2D eigenvalue weighted by Crippen LogP contribution is 2.22. The van der Waals surface area contributed by atoms with E-state index in [4.69, 9.17) is 9.72 Å². The summed E-state index contributed by atoms with van der Waals surface area (Å²) in [6.07, 6.45) is 2.38. The number of aromatic nitrogens is 3. The minimum Gasteiger partial charge on any atom is -0.494 e. The zero-order valence-electron chi connectivity index (χ0n) is 17.3. The molecule has 0 amide bonds. The fourth-order valence-electron chi connectivity index (χ4n) is 3.13. The van der Waals surface area contributed by atoms with Gasteiger partial charge in [-0.05, 0) is 55.3 Å². The van der Waals surface area contributed by atoms with E-state index in [1.54, 1.807) is 29.0 Å². The number of pyridine rings is 1. The second kappa shape index (κ2) is 9.61. The average molecular weight is 449 g/mol. The number of benzene rings is 2. The molecule has 2 heterocycles. The molecule has 32 heavy (non-hydrogen) atoms. The number of rotatable bonds is 8. The Hall–Kier alpha value is -3.72. The van der Waals surface area contributed by atoms with Crippen LogP contribution < -0.4 is 10.3 Å². The van der Waals surface area contributed by atoms with Crippen molar-refractivity contribution in [2.45, 2.75) is 18.5 Å². The standard InChI is InChI=1S/C23H20N4O4S/c1-16-11-12-24-21(15-16)26-22(28)19-5-2-3-6-20(19)25-23(26)32-14-4-13-31-18-9-7-17(8-10-18)27(29)30/h2-3,5-12,15H,4,13-14H2,1H3. The third kappa shape index (κ3) is 4.78. The fraction of sp³-hybridized carbons (Fsp3) is 0.174. The van der Waals surface area contributed by atoms with Gasteiger partial charge in [-0.1, -0.05) is 23.9 Å². The maximum atomic E-state index is 13.2. The Morgan fingerprint density at radius 1 is 1.12 bits per heavy atom. The summed E-state index contributed by atoms with van der Waals surface area (Å²) in [5.41, 5.74) is 1.52. The molecule has 0 atom stereocenters. The summed E-state index contributed by atoms with van der Waals surface area (Å²) in [5, 5.41) is 11.8. The van der Waals surface area contributed by atoms with E-state index < -0.39 is 4.92 Å². The second-order valence-electron chi connectivity index (χ2n) is 7.04. The lowest BCUT2D eigenvalue weighted by Crippen LogP contribution is -2.22. The van der Waals surface area contributed by atoms with Crippen LogP contribution in [0, 0.1) is 17.0 Å². The van der Waals surface area contributed by atoms with Gasteiger partial charge in [0.25, 0.3) is 11.2 Å². The van der Waals surface area contributed by atoms with Crippen molar-refractivity contribution in [3.8, 4) is 11.6 Å². The Balaban J connectivity index is 1.49. The van der Waals surface area contributed by atoms with Crippen LogP contribution >= 0.6 is 11.8 Å². The number of hydrogen-bond donors (Lipinski definition) is 0. The average Bonchev–Trinajstić information content (AvgIpc) is 2.79. The number of para-hydroxylation sites is 1. The van der Waals surface area contributed by atoms with E-state index in [0.29, 0.717) is 46.4 Å². The molecule has 162 valence electrons. The summed E-state index contributed by atoms with van der Waals surface area (Å²) in [7, 11) is 0. The van der Waals surface area contributed by atoms with E-state index in [1.807, 2.05) is 37.3 Å². The Morgan fingerprint density at radius 3 is 2.66 bits per heavy atom. The Bertz CT molecular complexity index is 1320. The number of nitro benzene ring substituents is 1. The number of fused-ring (bicyclic) bond motifs is 1. The molecule has 0 spiro atoms. The first-order valence-electron chi connectivity index (χ1n) is 9.98. The molecule has 4 rings (SSSR count). The molecule has 8 nitrogen and oxygen atoms in total. The third-order valence-corrected chi connectivity index (χ3v) is 5.74. The van der Waals surface area contributed by atoms with Crippen LogP contribution in [0.3, 0.4) is 0 Å². The van der Waals surface area contributed by atoms with Crippen molar-refractivity contribution in [3.63, 3.8) is 0 Å². The molecule has 0 fully saturated rings. The van der Waals surface area contributed by atoms with E-state index in [-0.39, 0.29) is 11.2 Å².